The predicted molar refractivity (Wildman–Crippen MR) is 84.2 cm³/mol. The first kappa shape index (κ1) is 14.3. The zero-order chi connectivity index (χ0) is 14.7. The van der Waals surface area contributed by atoms with Gasteiger partial charge in [0.25, 0.3) is 0 Å². The molecule has 1 aromatic carbocycles. The van der Waals surface area contributed by atoms with Crippen LogP contribution in [0.2, 0.25) is 0 Å². The van der Waals surface area contributed by atoms with E-state index in [1.165, 1.54) is 36.8 Å². The number of hydrogen-bond donors (Lipinski definition) is 2. The van der Waals surface area contributed by atoms with E-state index in [2.05, 4.69) is 28.7 Å². The van der Waals surface area contributed by atoms with Gasteiger partial charge in [0.15, 0.2) is 0 Å². The number of benzene rings is 1. The third kappa shape index (κ3) is 3.32. The van der Waals surface area contributed by atoms with Crippen molar-refractivity contribution >= 4 is 11.6 Å². The summed E-state index contributed by atoms with van der Waals surface area (Å²) in [6.07, 6.45) is 7.30. The lowest BCUT2D eigenvalue weighted by atomic mass is 9.99. The van der Waals surface area contributed by atoms with Gasteiger partial charge in [-0.25, -0.2) is 5.43 Å². The molecule has 1 atom stereocenters. The second-order valence-electron chi connectivity index (χ2n) is 6.14. The maximum absolute atomic E-state index is 11.2. The maximum Gasteiger partial charge on any atom is 0.240 e. The van der Waals surface area contributed by atoms with Crippen LogP contribution in [0.1, 0.15) is 48.8 Å². The van der Waals surface area contributed by atoms with Gasteiger partial charge in [0, 0.05) is 12.8 Å². The molecule has 1 amide bonds. The highest BCUT2D eigenvalue weighted by atomic mass is 16.2. The molecule has 1 aromatic rings. The number of carbonyl (C=O) groups is 1. The molecule has 1 unspecified atom stereocenters. The molecule has 0 fully saturated rings. The molecule has 1 heterocycles. The average molecular weight is 285 g/mol. The molecule has 4 nitrogen and oxygen atoms in total. The molecule has 2 aliphatic rings. The van der Waals surface area contributed by atoms with E-state index in [1.807, 2.05) is 0 Å². The summed E-state index contributed by atoms with van der Waals surface area (Å²) < 4.78 is 0. The van der Waals surface area contributed by atoms with Gasteiger partial charge in [-0.2, -0.15) is 5.10 Å². The van der Waals surface area contributed by atoms with Crippen LogP contribution in [0.25, 0.3) is 0 Å². The van der Waals surface area contributed by atoms with Crippen molar-refractivity contribution in [2.75, 3.05) is 6.54 Å². The summed E-state index contributed by atoms with van der Waals surface area (Å²) >= 11 is 0. The molecule has 1 aliphatic heterocycles. The molecule has 0 saturated heterocycles. The Hall–Kier alpha value is -1.68. The van der Waals surface area contributed by atoms with Crippen molar-refractivity contribution < 1.29 is 4.79 Å². The molecule has 1 aliphatic carbocycles. The number of carbonyl (C=O) groups excluding carboxylic acids is 1. The van der Waals surface area contributed by atoms with Gasteiger partial charge in [0.1, 0.15) is 0 Å². The van der Waals surface area contributed by atoms with Gasteiger partial charge in [0.2, 0.25) is 5.91 Å². The third-order valence-electron chi connectivity index (χ3n) is 4.53. The predicted octanol–water partition coefficient (Wildman–Crippen LogP) is 2.14. The highest BCUT2D eigenvalue weighted by Gasteiger charge is 2.22. The van der Waals surface area contributed by atoms with E-state index in [9.17, 15) is 4.79 Å². The first-order valence-electron chi connectivity index (χ1n) is 7.94. The van der Waals surface area contributed by atoms with Crippen molar-refractivity contribution in [3.63, 3.8) is 0 Å². The van der Waals surface area contributed by atoms with Crippen LogP contribution in [0.15, 0.2) is 23.3 Å². The molecule has 4 heteroatoms. The summed E-state index contributed by atoms with van der Waals surface area (Å²) in [6, 6.07) is 6.67. The summed E-state index contributed by atoms with van der Waals surface area (Å²) in [4.78, 5) is 11.2. The zero-order valence-electron chi connectivity index (χ0n) is 12.4. The Labute approximate surface area is 125 Å². The minimum Gasteiger partial charge on any atom is -0.330 e. The van der Waals surface area contributed by atoms with Crippen molar-refractivity contribution in [3.8, 4) is 0 Å². The highest BCUT2D eigenvalue weighted by Crippen LogP contribution is 2.31. The van der Waals surface area contributed by atoms with E-state index in [0.29, 0.717) is 6.42 Å². The highest BCUT2D eigenvalue weighted by molar-refractivity contribution is 6.04. The number of hydrogen-bond acceptors (Lipinski definition) is 3. The Kier molecular flexibility index (Phi) is 4.34. The van der Waals surface area contributed by atoms with Gasteiger partial charge in [-0.15, -0.1) is 0 Å². The standard InChI is InChI=1S/C17H23N3O/c18-8-2-1-3-12-9-13-4-5-14(11-15(13)10-12)16-6-7-17(21)20-19-16/h4-5,11-12H,1-3,6-10,18H2,(H,20,21). The third-order valence-corrected chi connectivity index (χ3v) is 4.53. The summed E-state index contributed by atoms with van der Waals surface area (Å²) in [5, 5.41) is 4.19. The number of nitrogens with zero attached hydrogens (tertiary/aromatic N) is 1. The van der Waals surface area contributed by atoms with E-state index in [-0.39, 0.29) is 5.91 Å². The summed E-state index contributed by atoms with van der Waals surface area (Å²) in [5.74, 6) is 0.787. The minimum atomic E-state index is 0.0138. The van der Waals surface area contributed by atoms with E-state index in [4.69, 9.17) is 5.73 Å². The van der Waals surface area contributed by atoms with Crippen molar-refractivity contribution in [3.05, 3.63) is 34.9 Å². The van der Waals surface area contributed by atoms with Crippen LogP contribution in [-0.2, 0) is 17.6 Å². The molecule has 112 valence electrons. The van der Waals surface area contributed by atoms with Crippen LogP contribution in [0, 0.1) is 5.92 Å². The topological polar surface area (TPSA) is 67.5 Å². The van der Waals surface area contributed by atoms with Crippen molar-refractivity contribution in [1.82, 2.24) is 5.43 Å². The molecule has 3 N–H and O–H groups in total. The van der Waals surface area contributed by atoms with Gasteiger partial charge < -0.3 is 5.73 Å². The Morgan fingerprint density at radius 1 is 1.19 bits per heavy atom. The number of fused-ring (bicyclic) bond motifs is 1. The Bertz CT molecular complexity index is 565. The van der Waals surface area contributed by atoms with Crippen LogP contribution >= 0.6 is 0 Å². The summed E-state index contributed by atoms with van der Waals surface area (Å²) in [6.45, 7) is 0.801. The van der Waals surface area contributed by atoms with Crippen LogP contribution in [0.3, 0.4) is 0 Å². The number of hydrazone groups is 1. The lowest BCUT2D eigenvalue weighted by molar-refractivity contribution is -0.121. The molecule has 0 saturated carbocycles. The van der Waals surface area contributed by atoms with Crippen LogP contribution in [-0.4, -0.2) is 18.2 Å². The van der Waals surface area contributed by atoms with E-state index < -0.39 is 0 Å². The maximum atomic E-state index is 11.2. The number of unbranched alkanes of at least 4 members (excludes halogenated alkanes) is 1. The van der Waals surface area contributed by atoms with E-state index in [1.54, 1.807) is 0 Å². The fourth-order valence-corrected chi connectivity index (χ4v) is 3.35. The summed E-state index contributed by atoms with van der Waals surface area (Å²) in [7, 11) is 0. The Balaban J connectivity index is 1.67. The second kappa shape index (κ2) is 6.39. The lowest BCUT2D eigenvalue weighted by Crippen LogP contribution is -2.25. The van der Waals surface area contributed by atoms with Crippen LogP contribution < -0.4 is 11.2 Å². The lowest BCUT2D eigenvalue weighted by Gasteiger charge is -2.13. The molecule has 0 bridgehead atoms. The van der Waals surface area contributed by atoms with Crippen molar-refractivity contribution in [2.45, 2.75) is 44.9 Å². The molecule has 3 rings (SSSR count). The van der Waals surface area contributed by atoms with E-state index >= 15 is 0 Å². The van der Waals surface area contributed by atoms with Gasteiger partial charge in [-0.1, -0.05) is 18.6 Å². The van der Waals surface area contributed by atoms with Gasteiger partial charge in [-0.3, -0.25) is 4.79 Å². The van der Waals surface area contributed by atoms with Gasteiger partial charge in [-0.05, 0) is 60.9 Å². The van der Waals surface area contributed by atoms with Crippen molar-refractivity contribution in [2.24, 2.45) is 16.8 Å². The van der Waals surface area contributed by atoms with Crippen molar-refractivity contribution in [1.29, 1.82) is 0 Å². The molecule has 0 aromatic heterocycles. The van der Waals surface area contributed by atoms with Gasteiger partial charge in [0.05, 0.1) is 5.71 Å². The largest absolute Gasteiger partial charge is 0.330 e. The smallest absolute Gasteiger partial charge is 0.240 e. The minimum absolute atomic E-state index is 0.0138. The number of rotatable bonds is 5. The SMILES string of the molecule is NCCCCC1Cc2ccc(C3=NNC(=O)CC3)cc2C1. The first-order chi connectivity index (χ1) is 10.3. The van der Waals surface area contributed by atoms with Gasteiger partial charge >= 0.3 is 0 Å². The molecule has 21 heavy (non-hydrogen) atoms. The fourth-order valence-electron chi connectivity index (χ4n) is 3.35. The zero-order valence-corrected chi connectivity index (χ0v) is 12.4. The fraction of sp³-hybridized carbons (Fsp3) is 0.529. The number of nitrogens with one attached hydrogen (secondary N) is 1. The van der Waals surface area contributed by atoms with Crippen LogP contribution in [0.5, 0.6) is 0 Å². The summed E-state index contributed by atoms with van der Waals surface area (Å²) in [5.41, 5.74) is 13.3. The Morgan fingerprint density at radius 2 is 2.05 bits per heavy atom. The first-order valence-corrected chi connectivity index (χ1v) is 7.94. The normalized spacial score (nSPS) is 20.9. The molecule has 0 spiro atoms. The molecule has 0 radical (unpaired) electrons. The molecular formula is C17H23N3O. The number of amides is 1. The Morgan fingerprint density at radius 3 is 2.81 bits per heavy atom. The van der Waals surface area contributed by atoms with Crippen LogP contribution in [0.4, 0.5) is 0 Å². The monoisotopic (exact) mass is 285 g/mol. The second-order valence-corrected chi connectivity index (χ2v) is 6.14. The van der Waals surface area contributed by atoms with E-state index in [0.717, 1.165) is 36.6 Å². The number of nitrogens with two attached hydrogens (primary N) is 1. The molecular weight excluding hydrogens is 262 g/mol. The quantitative estimate of drug-likeness (QED) is 0.814. The average Bonchev–Trinajstić information content (AvgIpc) is 2.90.